The molecule has 0 saturated heterocycles. The fourth-order valence-corrected chi connectivity index (χ4v) is 1.08. The fraction of sp³-hybridized carbons (Fsp3) is 1.00. The van der Waals surface area contributed by atoms with Crippen molar-refractivity contribution in [1.82, 2.24) is 4.90 Å². The van der Waals surface area contributed by atoms with Crippen LogP contribution in [0, 0.1) is 0 Å². The van der Waals surface area contributed by atoms with Crippen molar-refractivity contribution in [2.45, 2.75) is 18.9 Å². The standard InChI is InChI=1S/C8H19NO2/c1-8(10,5-6-11-4)7-9(2)3/h10H,5-7H2,1-4H3. The lowest BCUT2D eigenvalue weighted by Gasteiger charge is -2.26. The second-order valence-electron chi connectivity index (χ2n) is 3.48. The highest BCUT2D eigenvalue weighted by molar-refractivity contribution is 4.74. The fourth-order valence-electron chi connectivity index (χ4n) is 1.08. The highest BCUT2D eigenvalue weighted by Gasteiger charge is 2.20. The highest BCUT2D eigenvalue weighted by atomic mass is 16.5. The summed E-state index contributed by atoms with van der Waals surface area (Å²) in [4.78, 5) is 1.97. The summed E-state index contributed by atoms with van der Waals surface area (Å²) in [5, 5.41) is 9.69. The summed E-state index contributed by atoms with van der Waals surface area (Å²) in [6.45, 7) is 3.11. The summed E-state index contributed by atoms with van der Waals surface area (Å²) >= 11 is 0. The summed E-state index contributed by atoms with van der Waals surface area (Å²) in [6.07, 6.45) is 0.682. The molecule has 68 valence electrons. The van der Waals surface area contributed by atoms with Crippen molar-refractivity contribution >= 4 is 0 Å². The maximum Gasteiger partial charge on any atom is 0.0767 e. The van der Waals surface area contributed by atoms with E-state index in [1.165, 1.54) is 0 Å². The van der Waals surface area contributed by atoms with Gasteiger partial charge in [-0.25, -0.2) is 0 Å². The van der Waals surface area contributed by atoms with Crippen molar-refractivity contribution in [3.05, 3.63) is 0 Å². The van der Waals surface area contributed by atoms with Gasteiger partial charge in [-0.1, -0.05) is 0 Å². The maximum absolute atomic E-state index is 9.69. The average Bonchev–Trinajstić information content (AvgIpc) is 1.81. The normalized spacial score (nSPS) is 16.9. The van der Waals surface area contributed by atoms with E-state index in [0.717, 1.165) is 0 Å². The zero-order valence-electron chi connectivity index (χ0n) is 7.92. The molecule has 0 aliphatic heterocycles. The van der Waals surface area contributed by atoms with E-state index in [1.54, 1.807) is 7.11 Å². The van der Waals surface area contributed by atoms with Gasteiger partial charge in [0.25, 0.3) is 0 Å². The Morgan fingerprint density at radius 2 is 2.00 bits per heavy atom. The van der Waals surface area contributed by atoms with Gasteiger partial charge in [0, 0.05) is 26.7 Å². The van der Waals surface area contributed by atoms with Crippen molar-refractivity contribution < 1.29 is 9.84 Å². The molecule has 0 radical (unpaired) electrons. The molecule has 0 spiro atoms. The Balaban J connectivity index is 3.61. The van der Waals surface area contributed by atoms with E-state index in [9.17, 15) is 5.11 Å². The molecule has 0 aromatic rings. The van der Waals surface area contributed by atoms with Gasteiger partial charge in [0.1, 0.15) is 0 Å². The molecule has 0 fully saturated rings. The predicted octanol–water partition coefficient (Wildman–Crippen LogP) is 0.335. The van der Waals surface area contributed by atoms with Crippen molar-refractivity contribution in [3.8, 4) is 0 Å². The first-order chi connectivity index (χ1) is 4.98. The minimum absolute atomic E-state index is 0.612. The third kappa shape index (κ3) is 6.28. The summed E-state index contributed by atoms with van der Waals surface area (Å²) in [5.74, 6) is 0. The first-order valence-corrected chi connectivity index (χ1v) is 3.84. The van der Waals surface area contributed by atoms with Gasteiger partial charge in [0.05, 0.1) is 5.60 Å². The Labute approximate surface area is 69.0 Å². The molecule has 11 heavy (non-hydrogen) atoms. The van der Waals surface area contributed by atoms with Crippen molar-refractivity contribution in [2.75, 3.05) is 34.4 Å². The van der Waals surface area contributed by atoms with Crippen LogP contribution in [0.1, 0.15) is 13.3 Å². The van der Waals surface area contributed by atoms with Crippen molar-refractivity contribution in [1.29, 1.82) is 0 Å². The van der Waals surface area contributed by atoms with Gasteiger partial charge >= 0.3 is 0 Å². The largest absolute Gasteiger partial charge is 0.389 e. The molecular formula is C8H19NO2. The van der Waals surface area contributed by atoms with Crippen LogP contribution in [0.3, 0.4) is 0 Å². The summed E-state index contributed by atoms with van der Waals surface area (Å²) in [7, 11) is 5.54. The third-order valence-corrected chi connectivity index (χ3v) is 1.50. The van der Waals surface area contributed by atoms with Crippen LogP contribution in [0.25, 0.3) is 0 Å². The smallest absolute Gasteiger partial charge is 0.0767 e. The number of nitrogens with zero attached hydrogens (tertiary/aromatic N) is 1. The van der Waals surface area contributed by atoms with Crippen LogP contribution in [-0.4, -0.2) is 50.0 Å². The number of likely N-dealkylation sites (N-methyl/N-ethyl adjacent to an activating group) is 1. The van der Waals surface area contributed by atoms with Gasteiger partial charge in [0.15, 0.2) is 0 Å². The molecule has 0 heterocycles. The molecule has 3 heteroatoms. The highest BCUT2D eigenvalue weighted by Crippen LogP contribution is 2.09. The van der Waals surface area contributed by atoms with E-state index in [2.05, 4.69) is 0 Å². The number of aliphatic hydroxyl groups is 1. The molecule has 0 aliphatic carbocycles. The van der Waals surface area contributed by atoms with Crippen molar-refractivity contribution in [3.63, 3.8) is 0 Å². The summed E-state index contributed by atoms with van der Waals surface area (Å²) in [6, 6.07) is 0. The van der Waals surface area contributed by atoms with Crippen LogP contribution < -0.4 is 0 Å². The summed E-state index contributed by atoms with van der Waals surface area (Å²) < 4.78 is 4.88. The van der Waals surface area contributed by atoms with Gasteiger partial charge in [-0.15, -0.1) is 0 Å². The lowest BCUT2D eigenvalue weighted by Crippen LogP contribution is -2.38. The van der Waals surface area contributed by atoms with Crippen LogP contribution >= 0.6 is 0 Å². The number of rotatable bonds is 5. The molecule has 3 nitrogen and oxygen atoms in total. The topological polar surface area (TPSA) is 32.7 Å². The van der Waals surface area contributed by atoms with E-state index in [0.29, 0.717) is 19.6 Å². The number of methoxy groups -OCH3 is 1. The zero-order valence-corrected chi connectivity index (χ0v) is 7.92. The summed E-state index contributed by atoms with van der Waals surface area (Å²) in [5.41, 5.74) is -0.625. The second kappa shape index (κ2) is 4.70. The van der Waals surface area contributed by atoms with Crippen LogP contribution in [-0.2, 0) is 4.74 Å². The van der Waals surface area contributed by atoms with E-state index < -0.39 is 5.60 Å². The molecule has 0 bridgehead atoms. The average molecular weight is 161 g/mol. The molecule has 0 aromatic heterocycles. The molecule has 0 aromatic carbocycles. The molecule has 1 N–H and O–H groups in total. The van der Waals surface area contributed by atoms with Crippen LogP contribution in [0.2, 0.25) is 0 Å². The molecule has 0 amide bonds. The van der Waals surface area contributed by atoms with E-state index >= 15 is 0 Å². The predicted molar refractivity (Wildman–Crippen MR) is 45.7 cm³/mol. The minimum Gasteiger partial charge on any atom is -0.389 e. The molecule has 0 aliphatic rings. The first-order valence-electron chi connectivity index (χ1n) is 3.84. The number of ether oxygens (including phenoxy) is 1. The van der Waals surface area contributed by atoms with Gasteiger partial charge in [-0.05, 0) is 21.0 Å². The monoisotopic (exact) mass is 161 g/mol. The molecule has 0 saturated carbocycles. The Bertz CT molecular complexity index is 102. The van der Waals surface area contributed by atoms with Gasteiger partial charge < -0.3 is 14.7 Å². The molecule has 0 rings (SSSR count). The van der Waals surface area contributed by atoms with E-state index in [1.807, 2.05) is 25.9 Å². The molecule has 1 atom stereocenters. The zero-order chi connectivity index (χ0) is 8.91. The van der Waals surface area contributed by atoms with Gasteiger partial charge in [-0.3, -0.25) is 0 Å². The quantitative estimate of drug-likeness (QED) is 0.631. The van der Waals surface area contributed by atoms with Gasteiger partial charge in [0.2, 0.25) is 0 Å². The maximum atomic E-state index is 9.69. The van der Waals surface area contributed by atoms with Crippen molar-refractivity contribution in [2.24, 2.45) is 0 Å². The minimum atomic E-state index is -0.625. The second-order valence-corrected chi connectivity index (χ2v) is 3.48. The van der Waals surface area contributed by atoms with Crippen LogP contribution in [0.4, 0.5) is 0 Å². The Hall–Kier alpha value is -0.120. The Morgan fingerprint density at radius 3 is 2.36 bits per heavy atom. The lowest BCUT2D eigenvalue weighted by atomic mass is 10.0. The van der Waals surface area contributed by atoms with Gasteiger partial charge in [-0.2, -0.15) is 0 Å². The Morgan fingerprint density at radius 1 is 1.45 bits per heavy atom. The number of hydrogen-bond donors (Lipinski definition) is 1. The van der Waals surface area contributed by atoms with Crippen LogP contribution in [0.15, 0.2) is 0 Å². The third-order valence-electron chi connectivity index (χ3n) is 1.50. The SMILES string of the molecule is COCCC(C)(O)CN(C)C. The first kappa shape index (κ1) is 10.9. The molecule has 1 unspecified atom stereocenters. The Kier molecular flexibility index (Phi) is 4.65. The van der Waals surface area contributed by atoms with Crippen LogP contribution in [0.5, 0.6) is 0 Å². The number of hydrogen-bond acceptors (Lipinski definition) is 3. The van der Waals surface area contributed by atoms with E-state index in [4.69, 9.17) is 4.74 Å². The van der Waals surface area contributed by atoms with E-state index in [-0.39, 0.29) is 0 Å². The molecular weight excluding hydrogens is 142 g/mol. The lowest BCUT2D eigenvalue weighted by molar-refractivity contribution is 0.00478.